The van der Waals surface area contributed by atoms with E-state index in [0.717, 1.165) is 11.5 Å². The summed E-state index contributed by atoms with van der Waals surface area (Å²) >= 11 is 0. The van der Waals surface area contributed by atoms with Gasteiger partial charge in [-0.2, -0.15) is 5.10 Å². The summed E-state index contributed by atoms with van der Waals surface area (Å²) in [4.78, 5) is 0. The fourth-order valence-corrected chi connectivity index (χ4v) is 1.41. The normalized spacial score (nSPS) is 10.6. The van der Waals surface area contributed by atoms with Gasteiger partial charge in [0.25, 0.3) is 0 Å². The molecule has 0 spiro atoms. The lowest BCUT2D eigenvalue weighted by Crippen LogP contribution is -2.06. The highest BCUT2D eigenvalue weighted by Gasteiger charge is 2.10. The Labute approximate surface area is 79.6 Å². The smallest absolute Gasteiger partial charge is 0.151 e. The molecule has 0 bridgehead atoms. The molecule has 0 atom stereocenters. The molecule has 0 aromatic carbocycles. The Hall–Kier alpha value is -1.12. The Morgan fingerprint density at radius 3 is 2.15 bits per heavy atom. The van der Waals surface area contributed by atoms with Gasteiger partial charge in [-0.3, -0.25) is 0 Å². The van der Waals surface area contributed by atoms with Crippen LogP contribution in [0.1, 0.15) is 36.6 Å². The molecule has 0 fully saturated rings. The molecule has 1 N–H and O–H groups in total. The number of hydrogen-bond donors (Lipinski definition) is 1. The molecule has 13 heavy (non-hydrogen) atoms. The van der Waals surface area contributed by atoms with Crippen LogP contribution in [0.2, 0.25) is 0 Å². The van der Waals surface area contributed by atoms with Gasteiger partial charge in [0.15, 0.2) is 5.82 Å². The molecule has 3 nitrogen and oxygen atoms in total. The maximum absolute atomic E-state index is 4.20. The van der Waals surface area contributed by atoms with E-state index in [0.29, 0.717) is 5.92 Å². The summed E-state index contributed by atoms with van der Waals surface area (Å²) < 4.78 is 0. The van der Waals surface area contributed by atoms with Crippen LogP contribution >= 0.6 is 0 Å². The molecule has 0 saturated heterocycles. The Morgan fingerprint density at radius 2 is 1.69 bits per heavy atom. The van der Waals surface area contributed by atoms with Gasteiger partial charge in [0.1, 0.15) is 0 Å². The lowest BCUT2D eigenvalue weighted by molar-refractivity contribution is 0.771. The zero-order chi connectivity index (χ0) is 10.0. The summed E-state index contributed by atoms with van der Waals surface area (Å²) in [7, 11) is 1.87. The Bertz CT molecular complexity index is 305. The molecule has 1 aromatic rings. The van der Waals surface area contributed by atoms with E-state index in [9.17, 15) is 0 Å². The second kappa shape index (κ2) is 3.73. The standard InChI is InChI=1S/C10H17N3/c1-6(2)9-7(3)8(4)10(11-5)13-12-9/h6H,1-5H3,(H,11,13). The first-order chi connectivity index (χ1) is 6.07. The molecule has 0 unspecified atom stereocenters. The van der Waals surface area contributed by atoms with Crippen LogP contribution in [0.25, 0.3) is 0 Å². The highest BCUT2D eigenvalue weighted by atomic mass is 15.2. The third-order valence-electron chi connectivity index (χ3n) is 2.34. The Kier molecular flexibility index (Phi) is 2.86. The fourth-order valence-electron chi connectivity index (χ4n) is 1.41. The third kappa shape index (κ3) is 1.79. The first-order valence-corrected chi connectivity index (χ1v) is 4.59. The lowest BCUT2D eigenvalue weighted by atomic mass is 10.0. The maximum Gasteiger partial charge on any atom is 0.151 e. The highest BCUT2D eigenvalue weighted by Crippen LogP contribution is 2.21. The highest BCUT2D eigenvalue weighted by molar-refractivity contribution is 5.47. The largest absolute Gasteiger partial charge is 0.371 e. The van der Waals surface area contributed by atoms with Gasteiger partial charge in [-0.25, -0.2) is 0 Å². The van der Waals surface area contributed by atoms with E-state index >= 15 is 0 Å². The lowest BCUT2D eigenvalue weighted by Gasteiger charge is -2.12. The van der Waals surface area contributed by atoms with Crippen LogP contribution in [0.3, 0.4) is 0 Å². The summed E-state index contributed by atoms with van der Waals surface area (Å²) in [6.07, 6.45) is 0. The minimum Gasteiger partial charge on any atom is -0.371 e. The number of hydrogen-bond acceptors (Lipinski definition) is 3. The second-order valence-electron chi connectivity index (χ2n) is 3.59. The number of aromatic nitrogens is 2. The molecular weight excluding hydrogens is 162 g/mol. The van der Waals surface area contributed by atoms with Crippen LogP contribution in [0.4, 0.5) is 5.82 Å². The van der Waals surface area contributed by atoms with E-state index in [-0.39, 0.29) is 0 Å². The van der Waals surface area contributed by atoms with E-state index in [1.807, 2.05) is 7.05 Å². The average molecular weight is 179 g/mol. The first kappa shape index (κ1) is 9.96. The van der Waals surface area contributed by atoms with Crippen molar-refractivity contribution >= 4 is 5.82 Å². The SMILES string of the molecule is CNc1nnc(C(C)C)c(C)c1C. The van der Waals surface area contributed by atoms with Crippen molar-refractivity contribution in [3.05, 3.63) is 16.8 Å². The van der Waals surface area contributed by atoms with E-state index in [1.54, 1.807) is 0 Å². The Morgan fingerprint density at radius 1 is 1.08 bits per heavy atom. The van der Waals surface area contributed by atoms with E-state index < -0.39 is 0 Å². The van der Waals surface area contributed by atoms with E-state index in [4.69, 9.17) is 0 Å². The van der Waals surface area contributed by atoms with Gasteiger partial charge in [0.2, 0.25) is 0 Å². The molecule has 0 aliphatic rings. The molecular formula is C10H17N3. The number of anilines is 1. The second-order valence-corrected chi connectivity index (χ2v) is 3.59. The van der Waals surface area contributed by atoms with Gasteiger partial charge in [-0.15, -0.1) is 5.10 Å². The molecule has 72 valence electrons. The van der Waals surface area contributed by atoms with E-state index in [2.05, 4.69) is 43.2 Å². The zero-order valence-electron chi connectivity index (χ0n) is 8.97. The molecule has 0 aliphatic heterocycles. The maximum atomic E-state index is 4.20. The van der Waals surface area contributed by atoms with Gasteiger partial charge in [-0.1, -0.05) is 13.8 Å². The summed E-state index contributed by atoms with van der Waals surface area (Å²) in [6, 6.07) is 0. The number of nitrogens with zero attached hydrogens (tertiary/aromatic N) is 2. The summed E-state index contributed by atoms with van der Waals surface area (Å²) in [5.74, 6) is 1.32. The van der Waals surface area contributed by atoms with Gasteiger partial charge in [-0.05, 0) is 30.9 Å². The molecule has 0 aliphatic carbocycles. The molecule has 0 saturated carbocycles. The van der Waals surface area contributed by atoms with Crippen molar-refractivity contribution in [1.29, 1.82) is 0 Å². The zero-order valence-corrected chi connectivity index (χ0v) is 8.97. The predicted octanol–water partition coefficient (Wildman–Crippen LogP) is 2.26. The quantitative estimate of drug-likeness (QED) is 0.756. The van der Waals surface area contributed by atoms with Gasteiger partial charge >= 0.3 is 0 Å². The van der Waals surface area contributed by atoms with Crippen molar-refractivity contribution in [1.82, 2.24) is 10.2 Å². The molecule has 1 aromatic heterocycles. The van der Waals surface area contributed by atoms with Crippen molar-refractivity contribution in [3.8, 4) is 0 Å². The van der Waals surface area contributed by atoms with Crippen LogP contribution in [0.5, 0.6) is 0 Å². The van der Waals surface area contributed by atoms with Crippen molar-refractivity contribution in [2.24, 2.45) is 0 Å². The molecule has 1 heterocycles. The van der Waals surface area contributed by atoms with Crippen LogP contribution in [0.15, 0.2) is 0 Å². The molecule has 0 radical (unpaired) electrons. The van der Waals surface area contributed by atoms with Crippen molar-refractivity contribution in [2.45, 2.75) is 33.6 Å². The van der Waals surface area contributed by atoms with Crippen LogP contribution < -0.4 is 5.32 Å². The summed E-state index contributed by atoms with van der Waals surface area (Å²) in [5, 5.41) is 11.3. The first-order valence-electron chi connectivity index (χ1n) is 4.59. The van der Waals surface area contributed by atoms with Gasteiger partial charge < -0.3 is 5.32 Å². The summed E-state index contributed by atoms with van der Waals surface area (Å²) in [6.45, 7) is 8.44. The van der Waals surface area contributed by atoms with Crippen LogP contribution in [-0.2, 0) is 0 Å². The minimum absolute atomic E-state index is 0.442. The van der Waals surface area contributed by atoms with E-state index in [1.165, 1.54) is 11.1 Å². The fraction of sp³-hybridized carbons (Fsp3) is 0.600. The van der Waals surface area contributed by atoms with Crippen LogP contribution in [0, 0.1) is 13.8 Å². The van der Waals surface area contributed by atoms with Crippen molar-refractivity contribution < 1.29 is 0 Å². The molecule has 0 amide bonds. The number of nitrogens with one attached hydrogen (secondary N) is 1. The topological polar surface area (TPSA) is 37.8 Å². The monoisotopic (exact) mass is 179 g/mol. The average Bonchev–Trinajstić information content (AvgIpc) is 2.09. The molecule has 3 heteroatoms. The Balaban J connectivity index is 3.23. The van der Waals surface area contributed by atoms with Gasteiger partial charge in [0, 0.05) is 7.05 Å². The summed E-state index contributed by atoms with van der Waals surface area (Å²) in [5.41, 5.74) is 3.53. The van der Waals surface area contributed by atoms with Crippen molar-refractivity contribution in [3.63, 3.8) is 0 Å². The molecule has 1 rings (SSSR count). The third-order valence-corrected chi connectivity index (χ3v) is 2.34. The van der Waals surface area contributed by atoms with Gasteiger partial charge in [0.05, 0.1) is 5.69 Å². The predicted molar refractivity (Wildman–Crippen MR) is 55.1 cm³/mol. The number of rotatable bonds is 2. The van der Waals surface area contributed by atoms with Crippen molar-refractivity contribution in [2.75, 3.05) is 12.4 Å². The van der Waals surface area contributed by atoms with Crippen LogP contribution in [-0.4, -0.2) is 17.2 Å². The minimum atomic E-state index is 0.442.